The Balaban J connectivity index is 2.23. The fourth-order valence-electron chi connectivity index (χ4n) is 1.25. The zero-order valence-corrected chi connectivity index (χ0v) is 11.8. The zero-order valence-electron chi connectivity index (χ0n) is 9.42. The highest BCUT2D eigenvalue weighted by Gasteiger charge is 2.05. The van der Waals surface area contributed by atoms with E-state index in [1.54, 1.807) is 24.3 Å². The quantitative estimate of drug-likeness (QED) is 0.621. The largest absolute Gasteiger partial charge is 0.449 e. The summed E-state index contributed by atoms with van der Waals surface area (Å²) in [5.74, 6) is 0. The monoisotopic (exact) mass is 319 g/mol. The number of para-hydroxylation sites is 1. The average molecular weight is 321 g/mol. The molecule has 0 spiro atoms. The normalized spacial score (nSPS) is 10.0. The van der Waals surface area contributed by atoms with E-state index in [2.05, 4.69) is 21.2 Å². The summed E-state index contributed by atoms with van der Waals surface area (Å²) < 4.78 is 5.02. The van der Waals surface area contributed by atoms with Crippen molar-refractivity contribution in [1.29, 1.82) is 0 Å². The predicted octanol–water partition coefficient (Wildman–Crippen LogP) is 4.45. The average Bonchev–Trinajstić information content (AvgIpc) is 2.32. The number of benzene rings is 1. The van der Waals surface area contributed by atoms with Crippen LogP contribution in [-0.2, 0) is 4.74 Å². The molecule has 0 fully saturated rings. The summed E-state index contributed by atoms with van der Waals surface area (Å²) in [6, 6.07) is 7.05. The number of ether oxygens (including phenoxy) is 1. The second kappa shape index (κ2) is 8.37. The lowest BCUT2D eigenvalue weighted by molar-refractivity contribution is 0.159. The molecule has 0 atom stereocenters. The maximum Gasteiger partial charge on any atom is 0.411 e. The Morgan fingerprint density at radius 1 is 1.29 bits per heavy atom. The number of hydrogen-bond acceptors (Lipinski definition) is 2. The summed E-state index contributed by atoms with van der Waals surface area (Å²) in [7, 11) is 0. The van der Waals surface area contributed by atoms with Gasteiger partial charge < -0.3 is 4.74 Å². The summed E-state index contributed by atoms with van der Waals surface area (Å²) in [4.78, 5) is 11.4. The van der Waals surface area contributed by atoms with E-state index in [-0.39, 0.29) is 0 Å². The van der Waals surface area contributed by atoms with E-state index in [0.717, 1.165) is 24.6 Å². The van der Waals surface area contributed by atoms with Crippen LogP contribution in [0.4, 0.5) is 10.5 Å². The molecule has 94 valence electrons. The molecular formula is C12H15BrClNO2. The summed E-state index contributed by atoms with van der Waals surface area (Å²) in [5, 5.41) is 4.09. The highest BCUT2D eigenvalue weighted by molar-refractivity contribution is 9.09. The van der Waals surface area contributed by atoms with Gasteiger partial charge in [-0.05, 0) is 31.4 Å². The Morgan fingerprint density at radius 2 is 2.06 bits per heavy atom. The number of alkyl halides is 1. The SMILES string of the molecule is O=C(Nc1ccccc1Cl)OCCCCCBr. The van der Waals surface area contributed by atoms with Crippen LogP contribution in [0, 0.1) is 0 Å². The summed E-state index contributed by atoms with van der Waals surface area (Å²) in [5.41, 5.74) is 0.569. The van der Waals surface area contributed by atoms with Gasteiger partial charge in [-0.2, -0.15) is 0 Å². The molecule has 0 radical (unpaired) electrons. The third-order valence-corrected chi connectivity index (χ3v) is 3.01. The van der Waals surface area contributed by atoms with Gasteiger partial charge in [0.25, 0.3) is 0 Å². The first-order valence-corrected chi connectivity index (χ1v) is 6.98. The van der Waals surface area contributed by atoms with Gasteiger partial charge in [0, 0.05) is 5.33 Å². The minimum absolute atomic E-state index is 0.434. The van der Waals surface area contributed by atoms with E-state index >= 15 is 0 Å². The van der Waals surface area contributed by atoms with Crippen LogP contribution >= 0.6 is 27.5 Å². The van der Waals surface area contributed by atoms with Gasteiger partial charge >= 0.3 is 6.09 Å². The second-order valence-electron chi connectivity index (χ2n) is 3.49. The van der Waals surface area contributed by atoms with Gasteiger partial charge in [0.05, 0.1) is 17.3 Å². The molecule has 0 saturated heterocycles. The molecule has 1 rings (SSSR count). The van der Waals surface area contributed by atoms with Crippen molar-refractivity contribution in [2.45, 2.75) is 19.3 Å². The molecule has 0 unspecified atom stereocenters. The van der Waals surface area contributed by atoms with E-state index < -0.39 is 6.09 Å². The number of carbonyl (C=O) groups is 1. The lowest BCUT2D eigenvalue weighted by Crippen LogP contribution is -2.14. The highest BCUT2D eigenvalue weighted by atomic mass is 79.9. The first-order chi connectivity index (χ1) is 8.24. The molecule has 0 saturated carbocycles. The molecule has 5 heteroatoms. The molecule has 0 bridgehead atoms. The fourth-order valence-corrected chi connectivity index (χ4v) is 1.83. The summed E-state index contributed by atoms with van der Waals surface area (Å²) in [6.07, 6.45) is 2.55. The first-order valence-electron chi connectivity index (χ1n) is 5.48. The van der Waals surface area contributed by atoms with Gasteiger partial charge in [-0.15, -0.1) is 0 Å². The van der Waals surface area contributed by atoms with Gasteiger partial charge in [-0.1, -0.05) is 39.7 Å². The maximum atomic E-state index is 11.4. The number of hydrogen-bond donors (Lipinski definition) is 1. The maximum absolute atomic E-state index is 11.4. The third-order valence-electron chi connectivity index (χ3n) is 2.12. The molecule has 1 amide bonds. The topological polar surface area (TPSA) is 38.3 Å². The van der Waals surface area contributed by atoms with E-state index in [4.69, 9.17) is 16.3 Å². The van der Waals surface area contributed by atoms with Crippen LogP contribution in [0.3, 0.4) is 0 Å². The van der Waals surface area contributed by atoms with Crippen molar-refractivity contribution in [3.05, 3.63) is 29.3 Å². The van der Waals surface area contributed by atoms with Crippen molar-refractivity contribution in [3.8, 4) is 0 Å². The molecule has 0 heterocycles. The van der Waals surface area contributed by atoms with Crippen LogP contribution in [0.25, 0.3) is 0 Å². The highest BCUT2D eigenvalue weighted by Crippen LogP contribution is 2.20. The smallest absolute Gasteiger partial charge is 0.411 e. The third kappa shape index (κ3) is 5.94. The van der Waals surface area contributed by atoms with E-state index in [1.807, 2.05) is 0 Å². The van der Waals surface area contributed by atoms with Gasteiger partial charge in [-0.25, -0.2) is 4.79 Å². The van der Waals surface area contributed by atoms with Crippen LogP contribution in [0.5, 0.6) is 0 Å². The van der Waals surface area contributed by atoms with Crippen molar-refractivity contribution in [2.24, 2.45) is 0 Å². The van der Waals surface area contributed by atoms with Crippen molar-refractivity contribution in [1.82, 2.24) is 0 Å². The van der Waals surface area contributed by atoms with Gasteiger partial charge in [-0.3, -0.25) is 5.32 Å². The zero-order chi connectivity index (χ0) is 12.5. The molecule has 0 aromatic heterocycles. The number of halogens is 2. The van der Waals surface area contributed by atoms with E-state index in [9.17, 15) is 4.79 Å². The molecule has 0 aliphatic rings. The molecule has 17 heavy (non-hydrogen) atoms. The van der Waals surface area contributed by atoms with Crippen LogP contribution < -0.4 is 5.32 Å². The minimum atomic E-state index is -0.461. The molecule has 1 aromatic carbocycles. The second-order valence-corrected chi connectivity index (χ2v) is 4.69. The summed E-state index contributed by atoms with van der Waals surface area (Å²) in [6.45, 7) is 0.434. The lowest BCUT2D eigenvalue weighted by atomic mass is 10.3. The van der Waals surface area contributed by atoms with Crippen LogP contribution in [0.2, 0.25) is 5.02 Å². The molecule has 0 aliphatic heterocycles. The number of carbonyl (C=O) groups excluding carboxylic acids is 1. The number of unbranched alkanes of at least 4 members (excludes halogenated alkanes) is 2. The minimum Gasteiger partial charge on any atom is -0.449 e. The number of anilines is 1. The van der Waals surface area contributed by atoms with Crippen LogP contribution in [0.1, 0.15) is 19.3 Å². The Hall–Kier alpha value is -0.740. The predicted molar refractivity (Wildman–Crippen MR) is 74.1 cm³/mol. The molecule has 1 N–H and O–H groups in total. The van der Waals surface area contributed by atoms with E-state index in [0.29, 0.717) is 17.3 Å². The molecule has 3 nitrogen and oxygen atoms in total. The van der Waals surface area contributed by atoms with Crippen molar-refractivity contribution >= 4 is 39.3 Å². The van der Waals surface area contributed by atoms with Crippen molar-refractivity contribution in [2.75, 3.05) is 17.3 Å². The Labute approximate surface area is 115 Å². The van der Waals surface area contributed by atoms with Crippen molar-refractivity contribution in [3.63, 3.8) is 0 Å². The van der Waals surface area contributed by atoms with Gasteiger partial charge in [0.2, 0.25) is 0 Å². The number of amides is 1. The molecule has 0 aliphatic carbocycles. The number of nitrogens with one attached hydrogen (secondary N) is 1. The Kier molecular flexibility index (Phi) is 7.05. The Morgan fingerprint density at radius 3 is 2.76 bits per heavy atom. The first kappa shape index (κ1) is 14.3. The fraction of sp³-hybridized carbons (Fsp3) is 0.417. The van der Waals surface area contributed by atoms with Crippen molar-refractivity contribution < 1.29 is 9.53 Å². The van der Waals surface area contributed by atoms with E-state index in [1.165, 1.54) is 0 Å². The number of rotatable bonds is 6. The molecule has 1 aromatic rings. The molecular weight excluding hydrogens is 305 g/mol. The van der Waals surface area contributed by atoms with Gasteiger partial charge in [0.15, 0.2) is 0 Å². The lowest BCUT2D eigenvalue weighted by Gasteiger charge is -2.07. The standard InChI is InChI=1S/C12H15BrClNO2/c13-8-4-1-5-9-17-12(16)15-11-7-3-2-6-10(11)14/h2-3,6-7H,1,4-5,8-9H2,(H,15,16). The van der Waals surface area contributed by atoms with Crippen LogP contribution in [-0.4, -0.2) is 18.0 Å². The summed E-state index contributed by atoms with van der Waals surface area (Å²) >= 11 is 9.24. The van der Waals surface area contributed by atoms with Gasteiger partial charge in [0.1, 0.15) is 0 Å². The van der Waals surface area contributed by atoms with Crippen LogP contribution in [0.15, 0.2) is 24.3 Å². The Bertz CT molecular complexity index is 360.